The molecule has 5 heteroatoms. The van der Waals surface area contributed by atoms with Gasteiger partial charge in [-0.2, -0.15) is 0 Å². The van der Waals surface area contributed by atoms with E-state index in [1.807, 2.05) is 0 Å². The molecule has 0 unspecified atom stereocenters. The monoisotopic (exact) mass is 350 g/mol. The standard InChI is InChI=1S/C7H3BrF3I/c8-5-3(7(10)11)1-2-4(9)6(5)12/h1-2,7H. The van der Waals surface area contributed by atoms with Crippen molar-refractivity contribution in [2.24, 2.45) is 0 Å². The van der Waals surface area contributed by atoms with Gasteiger partial charge in [0.2, 0.25) is 0 Å². The van der Waals surface area contributed by atoms with Gasteiger partial charge in [0, 0.05) is 10.0 Å². The second-order valence-corrected chi connectivity index (χ2v) is 3.94. The SMILES string of the molecule is Fc1ccc(C(F)F)c(Br)c1I. The van der Waals surface area contributed by atoms with Crippen LogP contribution in [-0.4, -0.2) is 0 Å². The Kier molecular flexibility index (Phi) is 3.39. The summed E-state index contributed by atoms with van der Waals surface area (Å²) in [7, 11) is 0. The maximum atomic E-state index is 12.7. The molecule has 1 aromatic rings. The van der Waals surface area contributed by atoms with E-state index in [1.54, 1.807) is 22.6 Å². The van der Waals surface area contributed by atoms with Crippen LogP contribution in [0.3, 0.4) is 0 Å². The van der Waals surface area contributed by atoms with Crippen LogP contribution in [0.15, 0.2) is 16.6 Å². The minimum Gasteiger partial charge on any atom is -0.206 e. The molecule has 0 atom stereocenters. The van der Waals surface area contributed by atoms with E-state index in [1.165, 1.54) is 0 Å². The lowest BCUT2D eigenvalue weighted by Crippen LogP contribution is -1.91. The van der Waals surface area contributed by atoms with E-state index >= 15 is 0 Å². The van der Waals surface area contributed by atoms with Crippen LogP contribution < -0.4 is 0 Å². The predicted molar refractivity (Wildman–Crippen MR) is 51.8 cm³/mol. The first-order chi connectivity index (χ1) is 5.54. The van der Waals surface area contributed by atoms with Gasteiger partial charge in [0.25, 0.3) is 6.43 Å². The molecule has 0 fully saturated rings. The zero-order valence-corrected chi connectivity index (χ0v) is 9.37. The molecule has 0 aromatic heterocycles. The van der Waals surface area contributed by atoms with Crippen molar-refractivity contribution in [3.63, 3.8) is 0 Å². The summed E-state index contributed by atoms with van der Waals surface area (Å²) < 4.78 is 37.4. The smallest absolute Gasteiger partial charge is 0.206 e. The van der Waals surface area contributed by atoms with E-state index in [-0.39, 0.29) is 13.6 Å². The zero-order valence-electron chi connectivity index (χ0n) is 5.62. The molecule has 12 heavy (non-hydrogen) atoms. The molecule has 0 heterocycles. The minimum atomic E-state index is -2.58. The van der Waals surface area contributed by atoms with Crippen molar-refractivity contribution in [2.45, 2.75) is 6.43 Å². The molecule has 0 aliphatic heterocycles. The third-order valence-corrected chi connectivity index (χ3v) is 3.95. The quantitative estimate of drug-likeness (QED) is 0.527. The van der Waals surface area contributed by atoms with Crippen LogP contribution >= 0.6 is 38.5 Å². The highest BCUT2D eigenvalue weighted by molar-refractivity contribution is 14.1. The van der Waals surface area contributed by atoms with Gasteiger partial charge < -0.3 is 0 Å². The molecule has 0 saturated carbocycles. The largest absolute Gasteiger partial charge is 0.264 e. The minimum absolute atomic E-state index is 0.137. The van der Waals surface area contributed by atoms with E-state index in [0.717, 1.165) is 12.1 Å². The fourth-order valence-electron chi connectivity index (χ4n) is 0.709. The molecular formula is C7H3BrF3I. The summed E-state index contributed by atoms with van der Waals surface area (Å²) in [4.78, 5) is 0. The topological polar surface area (TPSA) is 0 Å². The van der Waals surface area contributed by atoms with Crippen molar-refractivity contribution in [3.05, 3.63) is 31.6 Å². The Morgan fingerprint density at radius 2 is 1.92 bits per heavy atom. The second kappa shape index (κ2) is 3.95. The zero-order chi connectivity index (χ0) is 9.30. The number of hydrogen-bond donors (Lipinski definition) is 0. The van der Waals surface area contributed by atoms with E-state index in [2.05, 4.69) is 15.9 Å². The van der Waals surface area contributed by atoms with Crippen LogP contribution in [0.4, 0.5) is 13.2 Å². The molecule has 0 N–H and O–H groups in total. The van der Waals surface area contributed by atoms with E-state index in [4.69, 9.17) is 0 Å². The van der Waals surface area contributed by atoms with Crippen molar-refractivity contribution < 1.29 is 13.2 Å². The molecule has 1 aromatic carbocycles. The van der Waals surface area contributed by atoms with Gasteiger partial charge in [-0.05, 0) is 50.7 Å². The lowest BCUT2D eigenvalue weighted by atomic mass is 10.2. The molecule has 0 nitrogen and oxygen atoms in total. The molecule has 0 saturated heterocycles. The van der Waals surface area contributed by atoms with Crippen LogP contribution in [0.5, 0.6) is 0 Å². The third kappa shape index (κ3) is 1.93. The van der Waals surface area contributed by atoms with Gasteiger partial charge in [0.15, 0.2) is 0 Å². The molecule has 0 amide bonds. The first-order valence-electron chi connectivity index (χ1n) is 2.95. The maximum absolute atomic E-state index is 12.7. The molecule has 1 rings (SSSR count). The van der Waals surface area contributed by atoms with E-state index < -0.39 is 12.2 Å². The normalized spacial score (nSPS) is 10.8. The molecule has 0 aliphatic rings. The maximum Gasteiger partial charge on any atom is 0.264 e. The van der Waals surface area contributed by atoms with Gasteiger partial charge in [-0.15, -0.1) is 0 Å². The third-order valence-electron chi connectivity index (χ3n) is 1.30. The summed E-state index contributed by atoms with van der Waals surface area (Å²) in [6.45, 7) is 0. The number of alkyl halides is 2. The summed E-state index contributed by atoms with van der Waals surface area (Å²) in [6, 6.07) is 2.11. The van der Waals surface area contributed by atoms with Crippen molar-refractivity contribution >= 4 is 38.5 Å². The number of rotatable bonds is 1. The average Bonchev–Trinajstić information content (AvgIpc) is 2.00. The lowest BCUT2D eigenvalue weighted by Gasteiger charge is -2.04. The fourth-order valence-corrected chi connectivity index (χ4v) is 1.70. The van der Waals surface area contributed by atoms with E-state index in [0.29, 0.717) is 0 Å². The van der Waals surface area contributed by atoms with Crippen LogP contribution in [0.25, 0.3) is 0 Å². The van der Waals surface area contributed by atoms with Gasteiger partial charge in [-0.1, -0.05) is 0 Å². The Morgan fingerprint density at radius 1 is 1.33 bits per heavy atom. The Bertz CT molecular complexity index is 301. The number of hydrogen-bond acceptors (Lipinski definition) is 0. The Balaban J connectivity index is 3.27. The van der Waals surface area contributed by atoms with Crippen LogP contribution in [-0.2, 0) is 0 Å². The van der Waals surface area contributed by atoms with Gasteiger partial charge in [0.1, 0.15) is 5.82 Å². The average molecular weight is 351 g/mol. The summed E-state index contributed by atoms with van der Waals surface area (Å²) in [6.07, 6.45) is -2.58. The van der Waals surface area contributed by atoms with Crippen molar-refractivity contribution in [3.8, 4) is 0 Å². The van der Waals surface area contributed by atoms with Gasteiger partial charge in [-0.3, -0.25) is 0 Å². The fraction of sp³-hybridized carbons (Fsp3) is 0.143. The van der Waals surface area contributed by atoms with Crippen LogP contribution in [0.2, 0.25) is 0 Å². The Hall–Kier alpha value is 0.220. The summed E-state index contributed by atoms with van der Waals surface area (Å²) in [5.41, 5.74) is -0.180. The highest BCUT2D eigenvalue weighted by atomic mass is 127. The summed E-state index contributed by atoms with van der Waals surface area (Å²) in [5.74, 6) is -0.494. The van der Waals surface area contributed by atoms with Crippen LogP contribution in [0, 0.1) is 9.39 Å². The highest BCUT2D eigenvalue weighted by Crippen LogP contribution is 2.32. The Labute approximate surface area is 89.4 Å². The summed E-state index contributed by atoms with van der Waals surface area (Å²) >= 11 is 4.58. The highest BCUT2D eigenvalue weighted by Gasteiger charge is 2.15. The molecular weight excluding hydrogens is 348 g/mol. The lowest BCUT2D eigenvalue weighted by molar-refractivity contribution is 0.150. The molecule has 0 aliphatic carbocycles. The number of benzene rings is 1. The first-order valence-corrected chi connectivity index (χ1v) is 4.82. The predicted octanol–water partition coefficient (Wildman–Crippen LogP) is 4.13. The van der Waals surface area contributed by atoms with Crippen molar-refractivity contribution in [1.82, 2.24) is 0 Å². The molecule has 0 bridgehead atoms. The van der Waals surface area contributed by atoms with Gasteiger partial charge in [-0.25, -0.2) is 13.2 Å². The molecule has 66 valence electrons. The summed E-state index contributed by atoms with van der Waals surface area (Å²) in [5, 5.41) is 0. The molecule has 0 radical (unpaired) electrons. The second-order valence-electron chi connectivity index (χ2n) is 2.07. The van der Waals surface area contributed by atoms with Crippen LogP contribution in [0.1, 0.15) is 12.0 Å². The van der Waals surface area contributed by atoms with Gasteiger partial charge in [0.05, 0.1) is 3.57 Å². The molecule has 0 spiro atoms. The first kappa shape index (κ1) is 10.3. The van der Waals surface area contributed by atoms with Crippen molar-refractivity contribution in [2.75, 3.05) is 0 Å². The van der Waals surface area contributed by atoms with Crippen molar-refractivity contribution in [1.29, 1.82) is 0 Å². The Morgan fingerprint density at radius 3 is 2.42 bits per heavy atom. The van der Waals surface area contributed by atoms with Gasteiger partial charge >= 0.3 is 0 Å². The number of halogens is 5. The van der Waals surface area contributed by atoms with E-state index in [9.17, 15) is 13.2 Å².